The second-order valence-corrected chi connectivity index (χ2v) is 5.51. The van der Waals surface area contributed by atoms with E-state index in [1.165, 1.54) is 0 Å². The molecule has 1 aromatic rings. The Morgan fingerprint density at radius 1 is 1.39 bits per heavy atom. The highest BCUT2D eigenvalue weighted by molar-refractivity contribution is 5.92. The molecule has 18 heavy (non-hydrogen) atoms. The normalized spacial score (nSPS) is 11.4. The molecule has 0 radical (unpaired) electrons. The molecular weight excluding hydrogens is 226 g/mol. The number of rotatable bonds is 5. The SMILES string of the molecule is CNc1ccc(C(=O)NCC(C)(C)C(C)C)nc1. The first kappa shape index (κ1) is 14.5. The number of pyridine rings is 1. The van der Waals surface area contributed by atoms with Crippen LogP contribution in [0.1, 0.15) is 38.2 Å². The first-order valence-electron chi connectivity index (χ1n) is 6.29. The number of hydrogen-bond donors (Lipinski definition) is 2. The highest BCUT2D eigenvalue weighted by atomic mass is 16.1. The molecule has 0 saturated carbocycles. The maximum Gasteiger partial charge on any atom is 0.269 e. The fourth-order valence-corrected chi connectivity index (χ4v) is 1.28. The average molecular weight is 249 g/mol. The van der Waals surface area contributed by atoms with Crippen molar-refractivity contribution >= 4 is 11.6 Å². The number of nitrogens with one attached hydrogen (secondary N) is 2. The third-order valence-electron chi connectivity index (χ3n) is 3.55. The van der Waals surface area contributed by atoms with Gasteiger partial charge in [-0.25, -0.2) is 4.98 Å². The fraction of sp³-hybridized carbons (Fsp3) is 0.571. The molecule has 1 amide bonds. The Morgan fingerprint density at radius 3 is 2.50 bits per heavy atom. The van der Waals surface area contributed by atoms with Gasteiger partial charge in [0.25, 0.3) is 5.91 Å². The van der Waals surface area contributed by atoms with Gasteiger partial charge in [-0.1, -0.05) is 27.7 Å². The summed E-state index contributed by atoms with van der Waals surface area (Å²) >= 11 is 0. The largest absolute Gasteiger partial charge is 0.387 e. The Kier molecular flexibility index (Phi) is 4.70. The molecule has 2 N–H and O–H groups in total. The van der Waals surface area contributed by atoms with Crippen LogP contribution in [-0.2, 0) is 0 Å². The van der Waals surface area contributed by atoms with E-state index in [0.717, 1.165) is 5.69 Å². The number of nitrogens with zero attached hydrogens (tertiary/aromatic N) is 1. The molecule has 4 nitrogen and oxygen atoms in total. The van der Waals surface area contributed by atoms with E-state index < -0.39 is 0 Å². The summed E-state index contributed by atoms with van der Waals surface area (Å²) in [7, 11) is 1.82. The van der Waals surface area contributed by atoms with Crippen molar-refractivity contribution in [2.75, 3.05) is 18.9 Å². The maximum atomic E-state index is 11.9. The van der Waals surface area contributed by atoms with Gasteiger partial charge in [0.15, 0.2) is 0 Å². The Morgan fingerprint density at radius 2 is 2.06 bits per heavy atom. The van der Waals surface area contributed by atoms with Crippen LogP contribution in [0.4, 0.5) is 5.69 Å². The summed E-state index contributed by atoms with van der Waals surface area (Å²) in [5, 5.41) is 5.91. The smallest absolute Gasteiger partial charge is 0.269 e. The number of carbonyl (C=O) groups is 1. The molecular formula is C14H23N3O. The highest BCUT2D eigenvalue weighted by Gasteiger charge is 2.23. The fourth-order valence-electron chi connectivity index (χ4n) is 1.28. The van der Waals surface area contributed by atoms with E-state index in [0.29, 0.717) is 18.2 Å². The molecule has 0 unspecified atom stereocenters. The maximum absolute atomic E-state index is 11.9. The Bertz CT molecular complexity index is 396. The molecule has 1 aromatic heterocycles. The molecule has 0 aliphatic carbocycles. The van der Waals surface area contributed by atoms with Crippen molar-refractivity contribution in [3.8, 4) is 0 Å². The second-order valence-electron chi connectivity index (χ2n) is 5.51. The first-order chi connectivity index (χ1) is 8.36. The molecule has 0 aliphatic rings. The van der Waals surface area contributed by atoms with Crippen LogP contribution in [0, 0.1) is 11.3 Å². The van der Waals surface area contributed by atoms with E-state index in [-0.39, 0.29) is 11.3 Å². The summed E-state index contributed by atoms with van der Waals surface area (Å²) in [5.41, 5.74) is 1.43. The Balaban J connectivity index is 2.60. The lowest BCUT2D eigenvalue weighted by molar-refractivity contribution is 0.0920. The van der Waals surface area contributed by atoms with Crippen molar-refractivity contribution in [3.63, 3.8) is 0 Å². The zero-order valence-corrected chi connectivity index (χ0v) is 11.9. The minimum absolute atomic E-state index is 0.0839. The van der Waals surface area contributed by atoms with Crippen molar-refractivity contribution in [3.05, 3.63) is 24.0 Å². The third kappa shape index (κ3) is 3.72. The summed E-state index contributed by atoms with van der Waals surface area (Å²) in [5.74, 6) is 0.392. The lowest BCUT2D eigenvalue weighted by Gasteiger charge is -2.29. The number of carbonyl (C=O) groups excluding carboxylic acids is 1. The molecule has 1 heterocycles. The first-order valence-corrected chi connectivity index (χ1v) is 6.29. The minimum Gasteiger partial charge on any atom is -0.387 e. The Labute approximate surface area is 109 Å². The van der Waals surface area contributed by atoms with Gasteiger partial charge in [0.1, 0.15) is 5.69 Å². The van der Waals surface area contributed by atoms with Crippen LogP contribution in [0.3, 0.4) is 0 Å². The molecule has 0 spiro atoms. The summed E-state index contributed by atoms with van der Waals surface area (Å²) in [6.07, 6.45) is 1.66. The molecule has 0 saturated heterocycles. The van der Waals surface area contributed by atoms with Crippen LogP contribution in [0.2, 0.25) is 0 Å². The molecule has 1 rings (SSSR count). The lowest BCUT2D eigenvalue weighted by Crippen LogP contribution is -2.37. The Hall–Kier alpha value is -1.58. The second kappa shape index (κ2) is 5.85. The van der Waals surface area contributed by atoms with Crippen molar-refractivity contribution in [2.45, 2.75) is 27.7 Å². The summed E-state index contributed by atoms with van der Waals surface area (Å²) in [6, 6.07) is 3.57. The van der Waals surface area contributed by atoms with E-state index in [2.05, 4.69) is 43.3 Å². The van der Waals surface area contributed by atoms with E-state index in [4.69, 9.17) is 0 Å². The van der Waals surface area contributed by atoms with Crippen molar-refractivity contribution in [1.29, 1.82) is 0 Å². The van der Waals surface area contributed by atoms with Crippen molar-refractivity contribution in [2.24, 2.45) is 11.3 Å². The molecule has 0 aliphatic heterocycles. The van der Waals surface area contributed by atoms with Gasteiger partial charge >= 0.3 is 0 Å². The van der Waals surface area contributed by atoms with Gasteiger partial charge < -0.3 is 10.6 Å². The highest BCUT2D eigenvalue weighted by Crippen LogP contribution is 2.24. The van der Waals surface area contributed by atoms with Crippen LogP contribution in [-0.4, -0.2) is 24.5 Å². The molecule has 100 valence electrons. The number of hydrogen-bond acceptors (Lipinski definition) is 3. The predicted octanol–water partition coefficient (Wildman–Crippen LogP) is 2.54. The minimum atomic E-state index is -0.119. The van der Waals surface area contributed by atoms with Gasteiger partial charge in [-0.15, -0.1) is 0 Å². The monoisotopic (exact) mass is 249 g/mol. The summed E-state index contributed by atoms with van der Waals surface area (Å²) < 4.78 is 0. The van der Waals surface area contributed by atoms with Gasteiger partial charge in [-0.05, 0) is 23.5 Å². The van der Waals surface area contributed by atoms with Gasteiger partial charge in [0.05, 0.1) is 11.9 Å². The van der Waals surface area contributed by atoms with Crippen molar-refractivity contribution < 1.29 is 4.79 Å². The third-order valence-corrected chi connectivity index (χ3v) is 3.55. The van der Waals surface area contributed by atoms with E-state index >= 15 is 0 Å². The van der Waals surface area contributed by atoms with E-state index in [9.17, 15) is 4.79 Å². The van der Waals surface area contributed by atoms with Gasteiger partial charge in [-0.2, -0.15) is 0 Å². The molecule has 0 fully saturated rings. The van der Waals surface area contributed by atoms with Gasteiger partial charge in [-0.3, -0.25) is 4.79 Å². The molecule has 0 aromatic carbocycles. The van der Waals surface area contributed by atoms with Crippen LogP contribution in [0.5, 0.6) is 0 Å². The quantitative estimate of drug-likeness (QED) is 0.843. The van der Waals surface area contributed by atoms with Crippen molar-refractivity contribution in [1.82, 2.24) is 10.3 Å². The predicted molar refractivity (Wildman–Crippen MR) is 74.7 cm³/mol. The molecule has 4 heteroatoms. The summed E-state index contributed by atoms with van der Waals surface area (Å²) in [6.45, 7) is 9.27. The summed E-state index contributed by atoms with van der Waals surface area (Å²) in [4.78, 5) is 16.0. The van der Waals surface area contributed by atoms with Crippen LogP contribution < -0.4 is 10.6 Å². The van der Waals surface area contributed by atoms with E-state index in [1.807, 2.05) is 13.1 Å². The number of aromatic nitrogens is 1. The van der Waals surface area contributed by atoms with E-state index in [1.54, 1.807) is 12.3 Å². The topological polar surface area (TPSA) is 54.0 Å². The number of anilines is 1. The van der Waals surface area contributed by atoms with Crippen LogP contribution in [0.15, 0.2) is 18.3 Å². The lowest BCUT2D eigenvalue weighted by atomic mass is 9.81. The van der Waals surface area contributed by atoms with Gasteiger partial charge in [0, 0.05) is 13.6 Å². The molecule has 0 bridgehead atoms. The van der Waals surface area contributed by atoms with Crippen LogP contribution >= 0.6 is 0 Å². The molecule has 0 atom stereocenters. The van der Waals surface area contributed by atoms with Crippen LogP contribution in [0.25, 0.3) is 0 Å². The zero-order chi connectivity index (χ0) is 13.8. The number of amides is 1. The zero-order valence-electron chi connectivity index (χ0n) is 11.9. The average Bonchev–Trinajstić information content (AvgIpc) is 2.36. The standard InChI is InChI=1S/C14H23N3O/c1-10(2)14(3,4)9-17-13(18)12-7-6-11(15-5)8-16-12/h6-8,10,15H,9H2,1-5H3,(H,17,18). The van der Waals surface area contributed by atoms with Gasteiger partial charge in [0.2, 0.25) is 0 Å².